The molecule has 0 radical (unpaired) electrons. The Morgan fingerprint density at radius 2 is 1.79 bits per heavy atom. The van der Waals surface area contributed by atoms with Gasteiger partial charge in [0.15, 0.2) is 12.4 Å². The summed E-state index contributed by atoms with van der Waals surface area (Å²) in [5.74, 6) is -1.79. The lowest BCUT2D eigenvalue weighted by atomic mass is 9.41. The minimum absolute atomic E-state index is 0.0314. The van der Waals surface area contributed by atoms with Crippen molar-refractivity contribution in [3.63, 3.8) is 0 Å². The zero-order valence-electron chi connectivity index (χ0n) is 23.3. The quantitative estimate of drug-likeness (QED) is 0.306. The predicted octanol–water partition coefficient (Wildman–Crippen LogP) is 2.38. The molecule has 1 spiro atoms. The number of ether oxygens (including phenoxy) is 6. The standard InChI is InChI=1S/C28H42O10/c1-14(2)24(32)38-23-19(31)11-20-26(6,21-10-18-7-8-33-25(18)37-21)15(3)9-22(36-17(5)30)27(20,12-34-16(4)29)28(23)13-35-28/h14-15,18-23,25,31H,7-13H2,1-6H3/t15-,18-,19+,20-,21+,22+,23+,25+,26+,27+,28-/m1/s1. The van der Waals surface area contributed by atoms with E-state index in [1.165, 1.54) is 13.8 Å². The highest BCUT2D eigenvalue weighted by Gasteiger charge is 2.81. The summed E-state index contributed by atoms with van der Waals surface area (Å²) in [6.45, 7) is 11.2. The van der Waals surface area contributed by atoms with Gasteiger partial charge in [-0.2, -0.15) is 0 Å². The molecule has 0 bridgehead atoms. The van der Waals surface area contributed by atoms with Crippen LogP contribution >= 0.6 is 0 Å². The minimum atomic E-state index is -1.18. The van der Waals surface area contributed by atoms with Crippen LogP contribution in [0.2, 0.25) is 0 Å². The molecule has 38 heavy (non-hydrogen) atoms. The molecule has 5 aliphatic rings. The van der Waals surface area contributed by atoms with Gasteiger partial charge in [0, 0.05) is 25.2 Å². The van der Waals surface area contributed by atoms with Crippen LogP contribution < -0.4 is 0 Å². The zero-order valence-corrected chi connectivity index (χ0v) is 23.3. The summed E-state index contributed by atoms with van der Waals surface area (Å²) in [5.41, 5.74) is -2.74. The SMILES string of the molecule is CC(=O)OC[C@@]12[C@@H](OC(C)=O)C[C@@H](C)[C@](C)([C@@H]3C[C@H]4CCO[C@H]4O3)[C@H]1C[C@H](O)[C@H](OC(=O)C(C)C)[C@]21CO1. The number of carbonyl (C=O) groups is 3. The van der Waals surface area contributed by atoms with Gasteiger partial charge >= 0.3 is 17.9 Å². The van der Waals surface area contributed by atoms with Crippen LogP contribution in [0.3, 0.4) is 0 Å². The van der Waals surface area contributed by atoms with E-state index in [1.54, 1.807) is 13.8 Å². The second-order valence-electron chi connectivity index (χ2n) is 12.6. The van der Waals surface area contributed by atoms with Gasteiger partial charge in [0.2, 0.25) is 0 Å². The first kappa shape index (κ1) is 27.8. The van der Waals surface area contributed by atoms with Crippen molar-refractivity contribution >= 4 is 17.9 Å². The summed E-state index contributed by atoms with van der Waals surface area (Å²) in [5, 5.41) is 11.6. The van der Waals surface area contributed by atoms with E-state index in [-0.39, 0.29) is 43.9 Å². The Labute approximate surface area is 224 Å². The molecule has 3 heterocycles. The van der Waals surface area contributed by atoms with E-state index in [4.69, 9.17) is 28.4 Å². The van der Waals surface area contributed by atoms with Gasteiger partial charge in [-0.05, 0) is 37.5 Å². The molecular weight excluding hydrogens is 496 g/mol. The number of rotatable bonds is 6. The van der Waals surface area contributed by atoms with Crippen molar-refractivity contribution in [2.24, 2.45) is 34.5 Å². The molecule has 5 fully saturated rings. The van der Waals surface area contributed by atoms with Gasteiger partial charge in [-0.15, -0.1) is 0 Å². The molecule has 0 aromatic carbocycles. The van der Waals surface area contributed by atoms with Gasteiger partial charge in [0.05, 0.1) is 36.8 Å². The van der Waals surface area contributed by atoms with Crippen molar-refractivity contribution in [3.8, 4) is 0 Å². The number of esters is 3. The molecule has 10 heteroatoms. The summed E-state index contributed by atoms with van der Waals surface area (Å²) >= 11 is 0. The second-order valence-corrected chi connectivity index (χ2v) is 12.6. The molecule has 214 valence electrons. The van der Waals surface area contributed by atoms with Crippen LogP contribution in [0.25, 0.3) is 0 Å². The largest absolute Gasteiger partial charge is 0.465 e. The highest BCUT2D eigenvalue weighted by molar-refractivity contribution is 5.72. The van der Waals surface area contributed by atoms with Crippen LogP contribution in [0, 0.1) is 34.5 Å². The highest BCUT2D eigenvalue weighted by atomic mass is 16.7. The van der Waals surface area contributed by atoms with Crippen LogP contribution in [0.4, 0.5) is 0 Å². The monoisotopic (exact) mass is 538 g/mol. The summed E-state index contributed by atoms with van der Waals surface area (Å²) < 4.78 is 36.2. The number of aliphatic hydroxyl groups is 1. The third-order valence-corrected chi connectivity index (χ3v) is 10.3. The summed E-state index contributed by atoms with van der Waals surface area (Å²) in [6, 6.07) is 0. The maximum absolute atomic E-state index is 12.8. The number of fused-ring (bicyclic) bond motifs is 3. The van der Waals surface area contributed by atoms with Crippen molar-refractivity contribution in [2.75, 3.05) is 19.8 Å². The minimum Gasteiger partial charge on any atom is -0.465 e. The first-order chi connectivity index (χ1) is 17.9. The third kappa shape index (κ3) is 4.09. The van der Waals surface area contributed by atoms with E-state index in [1.807, 2.05) is 0 Å². The van der Waals surface area contributed by atoms with Crippen LogP contribution in [-0.4, -0.2) is 79.1 Å². The lowest BCUT2D eigenvalue weighted by molar-refractivity contribution is -0.285. The fourth-order valence-electron chi connectivity index (χ4n) is 8.14. The molecule has 5 rings (SSSR count). The van der Waals surface area contributed by atoms with Crippen LogP contribution in [0.5, 0.6) is 0 Å². The Bertz CT molecular complexity index is 949. The summed E-state index contributed by atoms with van der Waals surface area (Å²) in [6.07, 6.45) is -0.633. The topological polar surface area (TPSA) is 130 Å². The fourth-order valence-corrected chi connectivity index (χ4v) is 8.14. The average molecular weight is 539 g/mol. The number of hydrogen-bond donors (Lipinski definition) is 1. The molecule has 11 atom stereocenters. The molecule has 3 saturated heterocycles. The first-order valence-corrected chi connectivity index (χ1v) is 14.0. The maximum atomic E-state index is 12.8. The number of aliphatic hydroxyl groups excluding tert-OH is 1. The van der Waals surface area contributed by atoms with E-state index in [0.29, 0.717) is 18.9 Å². The van der Waals surface area contributed by atoms with E-state index in [9.17, 15) is 19.5 Å². The summed E-state index contributed by atoms with van der Waals surface area (Å²) in [7, 11) is 0. The number of epoxide rings is 1. The normalized spacial score (nSPS) is 47.4. The van der Waals surface area contributed by atoms with E-state index in [2.05, 4.69) is 13.8 Å². The fraction of sp³-hybridized carbons (Fsp3) is 0.893. The van der Waals surface area contributed by atoms with Crippen LogP contribution in [-0.2, 0) is 42.8 Å². The van der Waals surface area contributed by atoms with Gasteiger partial charge in [0.25, 0.3) is 0 Å². The van der Waals surface area contributed by atoms with Crippen molar-refractivity contribution in [3.05, 3.63) is 0 Å². The molecule has 2 aliphatic carbocycles. The highest BCUT2D eigenvalue weighted by Crippen LogP contribution is 2.70. The number of carbonyl (C=O) groups excluding carboxylic acids is 3. The Kier molecular flexibility index (Phi) is 7.11. The average Bonchev–Trinajstić information content (AvgIpc) is 3.31. The Balaban J connectivity index is 1.63. The van der Waals surface area contributed by atoms with Gasteiger partial charge in [-0.25, -0.2) is 0 Å². The summed E-state index contributed by atoms with van der Waals surface area (Å²) in [4.78, 5) is 37.4. The van der Waals surface area contributed by atoms with Gasteiger partial charge in [-0.1, -0.05) is 27.7 Å². The molecule has 0 aromatic heterocycles. The van der Waals surface area contributed by atoms with E-state index >= 15 is 0 Å². The smallest absolute Gasteiger partial charge is 0.308 e. The predicted molar refractivity (Wildman–Crippen MR) is 131 cm³/mol. The van der Waals surface area contributed by atoms with Crippen LogP contribution in [0.1, 0.15) is 67.2 Å². The molecule has 0 unspecified atom stereocenters. The van der Waals surface area contributed by atoms with Gasteiger partial charge in [-0.3, -0.25) is 14.4 Å². The first-order valence-electron chi connectivity index (χ1n) is 14.0. The second kappa shape index (κ2) is 9.71. The number of hydrogen-bond acceptors (Lipinski definition) is 10. The lowest BCUT2D eigenvalue weighted by Crippen LogP contribution is -2.74. The van der Waals surface area contributed by atoms with Gasteiger partial charge < -0.3 is 33.5 Å². The van der Waals surface area contributed by atoms with Crippen LogP contribution in [0.15, 0.2) is 0 Å². The Morgan fingerprint density at radius 3 is 2.37 bits per heavy atom. The molecular formula is C28H42O10. The van der Waals surface area contributed by atoms with Crippen molar-refractivity contribution in [2.45, 2.75) is 104 Å². The molecule has 10 nitrogen and oxygen atoms in total. The third-order valence-electron chi connectivity index (χ3n) is 10.3. The van der Waals surface area contributed by atoms with Gasteiger partial charge in [0.1, 0.15) is 18.3 Å². The van der Waals surface area contributed by atoms with Crippen molar-refractivity contribution in [1.82, 2.24) is 0 Å². The van der Waals surface area contributed by atoms with Crippen molar-refractivity contribution < 1.29 is 47.9 Å². The zero-order chi connectivity index (χ0) is 27.6. The Morgan fingerprint density at radius 1 is 1.08 bits per heavy atom. The Hall–Kier alpha value is -1.75. The molecule has 2 saturated carbocycles. The molecule has 0 aromatic rings. The van der Waals surface area contributed by atoms with E-state index < -0.39 is 58.6 Å². The van der Waals surface area contributed by atoms with Crippen molar-refractivity contribution in [1.29, 1.82) is 0 Å². The maximum Gasteiger partial charge on any atom is 0.308 e. The molecule has 3 aliphatic heterocycles. The molecule has 1 N–H and O–H groups in total. The van der Waals surface area contributed by atoms with E-state index in [0.717, 1.165) is 12.8 Å². The molecule has 0 amide bonds. The lowest BCUT2D eigenvalue weighted by Gasteiger charge is -2.65.